The van der Waals surface area contributed by atoms with Crippen LogP contribution in [0.4, 0.5) is 0 Å². The number of aliphatic imine (C=N–C) groups is 2. The van der Waals surface area contributed by atoms with Crippen LogP contribution < -0.4 is 5.32 Å². The highest BCUT2D eigenvalue weighted by atomic mass is 35.5. The van der Waals surface area contributed by atoms with Crippen molar-refractivity contribution in [3.8, 4) is 0 Å². The molecule has 0 radical (unpaired) electrons. The molecule has 0 atom stereocenters. The summed E-state index contributed by atoms with van der Waals surface area (Å²) in [6.07, 6.45) is 2.95. The summed E-state index contributed by atoms with van der Waals surface area (Å²) in [5.74, 6) is 0. The van der Waals surface area contributed by atoms with Crippen LogP contribution in [0.2, 0.25) is 0 Å². The van der Waals surface area contributed by atoms with Gasteiger partial charge in [0.15, 0.2) is 0 Å². The minimum atomic E-state index is 0.477. The van der Waals surface area contributed by atoms with E-state index >= 15 is 0 Å². The topological polar surface area (TPSA) is 36.8 Å². The first-order chi connectivity index (χ1) is 4.81. The lowest BCUT2D eigenvalue weighted by Crippen LogP contribution is -2.04. The van der Waals surface area contributed by atoms with E-state index in [1.807, 2.05) is 0 Å². The molecule has 0 aliphatic carbocycles. The second kappa shape index (κ2) is 6.45. The Labute approximate surface area is 65.5 Å². The van der Waals surface area contributed by atoms with E-state index in [-0.39, 0.29) is 0 Å². The molecular weight excluding hydrogens is 150 g/mol. The molecule has 3 nitrogen and oxygen atoms in total. The van der Waals surface area contributed by atoms with E-state index in [1.54, 1.807) is 7.05 Å². The lowest BCUT2D eigenvalue weighted by Gasteiger charge is -1.87. The maximum Gasteiger partial charge on any atom is 0.0882 e. The van der Waals surface area contributed by atoms with Gasteiger partial charge in [-0.05, 0) is 13.8 Å². The zero-order valence-corrected chi connectivity index (χ0v) is 6.60. The monoisotopic (exact) mass is 159 g/mol. The first kappa shape index (κ1) is 9.33. The molecule has 0 fully saturated rings. The van der Waals surface area contributed by atoms with Crippen molar-refractivity contribution in [2.75, 3.05) is 13.7 Å². The number of hydrogen-bond donors (Lipinski definition) is 1. The molecule has 0 rings (SSSR count). The molecule has 0 aliphatic heterocycles. The Balaban J connectivity index is 3.65. The molecule has 0 aromatic carbocycles. The Morgan fingerprint density at radius 3 is 3.00 bits per heavy atom. The average molecular weight is 160 g/mol. The van der Waals surface area contributed by atoms with Crippen LogP contribution in [0.3, 0.4) is 0 Å². The Morgan fingerprint density at radius 1 is 1.80 bits per heavy atom. The Kier molecular flexibility index (Phi) is 6.02. The molecule has 0 saturated heterocycles. The molecule has 1 N–H and O–H groups in total. The highest BCUT2D eigenvalue weighted by Gasteiger charge is 1.80. The van der Waals surface area contributed by atoms with Gasteiger partial charge in [-0.15, -0.1) is 0 Å². The van der Waals surface area contributed by atoms with Crippen molar-refractivity contribution in [3.63, 3.8) is 0 Å². The van der Waals surface area contributed by atoms with Gasteiger partial charge in [0.1, 0.15) is 0 Å². The van der Waals surface area contributed by atoms with E-state index in [1.165, 1.54) is 12.4 Å². The molecule has 10 heavy (non-hydrogen) atoms. The van der Waals surface area contributed by atoms with Crippen LogP contribution in [0.5, 0.6) is 0 Å². The van der Waals surface area contributed by atoms with E-state index < -0.39 is 0 Å². The maximum atomic E-state index is 5.57. The molecule has 0 heterocycles. The molecule has 0 saturated carbocycles. The first-order valence-corrected chi connectivity index (χ1v) is 3.15. The summed E-state index contributed by atoms with van der Waals surface area (Å²) in [7, 11) is 1.81. The maximum absolute atomic E-state index is 5.57. The highest BCUT2D eigenvalue weighted by molar-refractivity contribution is 6.39. The van der Waals surface area contributed by atoms with Crippen molar-refractivity contribution in [1.29, 1.82) is 0 Å². The van der Waals surface area contributed by atoms with Crippen molar-refractivity contribution in [2.24, 2.45) is 9.98 Å². The van der Waals surface area contributed by atoms with Crippen molar-refractivity contribution in [1.82, 2.24) is 5.32 Å². The van der Waals surface area contributed by atoms with Crippen LogP contribution in [0.15, 0.2) is 21.2 Å². The smallest absolute Gasteiger partial charge is 0.0882 e. The summed E-state index contributed by atoms with van der Waals surface area (Å²) in [5.41, 5.74) is 0. The minimum Gasteiger partial charge on any atom is -0.301 e. The van der Waals surface area contributed by atoms with Gasteiger partial charge in [-0.1, -0.05) is 11.6 Å². The average Bonchev–Trinajstić information content (AvgIpc) is 1.89. The number of nitrogens with one attached hydrogen (secondary N) is 1. The summed E-state index contributed by atoms with van der Waals surface area (Å²) < 4.78 is 0. The largest absolute Gasteiger partial charge is 0.301 e. The summed E-state index contributed by atoms with van der Waals surface area (Å²) in [6.45, 7) is 3.80. The molecule has 0 bridgehead atoms. The van der Waals surface area contributed by atoms with Crippen LogP contribution in [0.1, 0.15) is 0 Å². The van der Waals surface area contributed by atoms with Crippen LogP contribution in [0, 0.1) is 0 Å². The number of rotatable bonds is 4. The summed E-state index contributed by atoms with van der Waals surface area (Å²) in [4.78, 5) is 7.34. The van der Waals surface area contributed by atoms with Crippen molar-refractivity contribution < 1.29 is 0 Å². The molecule has 0 aromatic rings. The lowest BCUT2D eigenvalue weighted by molar-refractivity contribution is 0.838. The fraction of sp³-hybridized carbons (Fsp3) is 0.333. The number of halogens is 1. The normalized spacial score (nSPS) is 12.4. The Bertz CT molecular complexity index is 151. The number of nitrogens with zero attached hydrogens (tertiary/aromatic N) is 2. The molecule has 0 amide bonds. The molecular formula is C6H10ClN3. The summed E-state index contributed by atoms with van der Waals surface area (Å²) >= 11 is 5.57. The predicted molar refractivity (Wildman–Crippen MR) is 45.9 cm³/mol. The number of allylic oxidation sites excluding steroid dienone is 1. The van der Waals surface area contributed by atoms with E-state index in [4.69, 9.17) is 11.6 Å². The van der Waals surface area contributed by atoms with E-state index in [0.717, 1.165) is 0 Å². The predicted octanol–water partition coefficient (Wildman–Crippen LogP) is 1.01. The summed E-state index contributed by atoms with van der Waals surface area (Å²) in [5, 5.41) is 3.31. The molecule has 56 valence electrons. The third kappa shape index (κ3) is 5.47. The minimum absolute atomic E-state index is 0.477. The van der Waals surface area contributed by atoms with Gasteiger partial charge < -0.3 is 5.32 Å². The first-order valence-electron chi connectivity index (χ1n) is 2.77. The zero-order valence-electron chi connectivity index (χ0n) is 5.84. The standard InChI is InChI=1S/C6H10ClN3/c1-8-3-6(7)4-10-5-9-2/h3-4,9H,1,5H2,2H3/b6-3+,10-4-. The molecule has 0 unspecified atom stereocenters. The van der Waals surface area contributed by atoms with E-state index in [2.05, 4.69) is 22.0 Å². The third-order valence-corrected chi connectivity index (χ3v) is 0.874. The fourth-order valence-electron chi connectivity index (χ4n) is 0.345. The Hall–Kier alpha value is -0.670. The SMILES string of the molecule is C=N/C=C(Cl)\C=N/CNC. The van der Waals surface area contributed by atoms with Crippen molar-refractivity contribution in [2.45, 2.75) is 0 Å². The van der Waals surface area contributed by atoms with Crippen molar-refractivity contribution >= 4 is 24.5 Å². The van der Waals surface area contributed by atoms with Crippen LogP contribution in [-0.2, 0) is 0 Å². The highest BCUT2D eigenvalue weighted by Crippen LogP contribution is 1.95. The fourth-order valence-corrected chi connectivity index (χ4v) is 0.483. The third-order valence-electron chi connectivity index (χ3n) is 0.679. The van der Waals surface area contributed by atoms with E-state index in [9.17, 15) is 0 Å². The van der Waals surface area contributed by atoms with Gasteiger partial charge in [-0.3, -0.25) is 9.98 Å². The van der Waals surface area contributed by atoms with Crippen LogP contribution in [0.25, 0.3) is 0 Å². The van der Waals surface area contributed by atoms with Gasteiger partial charge in [0, 0.05) is 12.4 Å². The van der Waals surface area contributed by atoms with Crippen LogP contribution in [-0.4, -0.2) is 26.6 Å². The van der Waals surface area contributed by atoms with Gasteiger partial charge in [-0.25, -0.2) is 0 Å². The molecule has 4 heteroatoms. The van der Waals surface area contributed by atoms with Gasteiger partial charge >= 0.3 is 0 Å². The molecule has 0 aliphatic rings. The number of hydrogen-bond acceptors (Lipinski definition) is 3. The molecule has 0 spiro atoms. The quantitative estimate of drug-likeness (QED) is 0.611. The van der Waals surface area contributed by atoms with E-state index in [0.29, 0.717) is 11.7 Å². The van der Waals surface area contributed by atoms with Gasteiger partial charge in [0.2, 0.25) is 0 Å². The van der Waals surface area contributed by atoms with Gasteiger partial charge in [0.05, 0.1) is 11.7 Å². The lowest BCUT2D eigenvalue weighted by atomic mass is 10.6. The second-order valence-electron chi connectivity index (χ2n) is 1.52. The summed E-state index contributed by atoms with van der Waals surface area (Å²) in [6, 6.07) is 0. The van der Waals surface area contributed by atoms with Crippen LogP contribution >= 0.6 is 11.6 Å². The Morgan fingerprint density at radius 2 is 2.50 bits per heavy atom. The zero-order chi connectivity index (χ0) is 7.82. The molecule has 0 aromatic heterocycles. The second-order valence-corrected chi connectivity index (χ2v) is 1.96. The van der Waals surface area contributed by atoms with Crippen molar-refractivity contribution in [3.05, 3.63) is 11.2 Å². The van der Waals surface area contributed by atoms with Gasteiger partial charge in [0.25, 0.3) is 0 Å². The van der Waals surface area contributed by atoms with Gasteiger partial charge in [-0.2, -0.15) is 0 Å².